The van der Waals surface area contributed by atoms with Crippen LogP contribution in [0.2, 0.25) is 0 Å². The Balaban J connectivity index is 1.78. The van der Waals surface area contributed by atoms with Crippen molar-refractivity contribution in [2.45, 2.75) is 52.2 Å². The molecule has 5 N–H and O–H groups in total. The lowest BCUT2D eigenvalue weighted by Crippen LogP contribution is -2.54. The number of fused-ring (bicyclic) bond motifs is 1. The van der Waals surface area contributed by atoms with Crippen molar-refractivity contribution >= 4 is 40.3 Å². The number of aromatic hydroxyl groups is 1. The van der Waals surface area contributed by atoms with Crippen molar-refractivity contribution in [2.75, 3.05) is 5.32 Å². The first-order valence-electron chi connectivity index (χ1n) is 11.9. The van der Waals surface area contributed by atoms with E-state index in [2.05, 4.69) is 21.3 Å². The van der Waals surface area contributed by atoms with Crippen LogP contribution >= 0.6 is 0 Å². The number of benzene rings is 2. The molecule has 11 heteroatoms. The molecule has 0 aliphatic rings. The third-order valence-electron chi connectivity index (χ3n) is 5.79. The van der Waals surface area contributed by atoms with Gasteiger partial charge in [-0.15, -0.1) is 0 Å². The van der Waals surface area contributed by atoms with E-state index in [1.54, 1.807) is 31.2 Å². The molecule has 0 bridgehead atoms. The van der Waals surface area contributed by atoms with Crippen molar-refractivity contribution in [3.05, 3.63) is 70.1 Å². The summed E-state index contributed by atoms with van der Waals surface area (Å²) in [5.41, 5.74) is 1.54. The van der Waals surface area contributed by atoms with Gasteiger partial charge in [0.15, 0.2) is 0 Å². The van der Waals surface area contributed by atoms with Gasteiger partial charge in [-0.3, -0.25) is 19.2 Å². The number of amides is 4. The van der Waals surface area contributed by atoms with Gasteiger partial charge in [0.2, 0.25) is 23.6 Å². The van der Waals surface area contributed by atoms with Crippen molar-refractivity contribution in [1.82, 2.24) is 16.0 Å². The number of phenolic OH excluding ortho intramolecular Hbond substituents is 1. The van der Waals surface area contributed by atoms with Gasteiger partial charge in [-0.1, -0.05) is 12.1 Å². The minimum atomic E-state index is -1.06. The maximum atomic E-state index is 13.3. The van der Waals surface area contributed by atoms with Gasteiger partial charge in [0, 0.05) is 36.6 Å². The Labute approximate surface area is 218 Å². The average molecular weight is 523 g/mol. The van der Waals surface area contributed by atoms with Crippen LogP contribution in [0, 0.1) is 6.92 Å². The third-order valence-corrected chi connectivity index (χ3v) is 5.79. The Hall–Kier alpha value is -4.67. The third kappa shape index (κ3) is 7.42. The first-order chi connectivity index (χ1) is 17.9. The molecular formula is C27H30N4O7. The molecule has 0 aliphatic heterocycles. The lowest BCUT2D eigenvalue weighted by Gasteiger charge is -2.22. The molecule has 0 saturated heterocycles. The summed E-state index contributed by atoms with van der Waals surface area (Å²) in [6.45, 7) is 5.99. The summed E-state index contributed by atoms with van der Waals surface area (Å²) in [6, 6.07) is 9.52. The zero-order chi connectivity index (χ0) is 28.0. The molecule has 0 radical (unpaired) electrons. The highest BCUT2D eigenvalue weighted by atomic mass is 16.4. The van der Waals surface area contributed by atoms with E-state index < -0.39 is 47.4 Å². The Morgan fingerprint density at radius 2 is 1.50 bits per heavy atom. The van der Waals surface area contributed by atoms with Gasteiger partial charge >= 0.3 is 5.63 Å². The molecule has 0 saturated carbocycles. The molecule has 200 valence electrons. The van der Waals surface area contributed by atoms with Gasteiger partial charge in [0.1, 0.15) is 29.5 Å². The second-order valence-electron chi connectivity index (χ2n) is 9.03. The second-order valence-corrected chi connectivity index (χ2v) is 9.03. The van der Waals surface area contributed by atoms with Gasteiger partial charge in [-0.25, -0.2) is 4.79 Å². The highest BCUT2D eigenvalue weighted by Gasteiger charge is 2.26. The number of hydrogen-bond donors (Lipinski definition) is 5. The van der Waals surface area contributed by atoms with Crippen molar-refractivity contribution in [3.8, 4) is 5.75 Å². The fraction of sp³-hybridized carbons (Fsp3) is 0.296. The number of aryl methyl sites for hydroxylation is 1. The second kappa shape index (κ2) is 12.0. The zero-order valence-corrected chi connectivity index (χ0v) is 21.5. The van der Waals surface area contributed by atoms with Crippen LogP contribution in [-0.4, -0.2) is 46.9 Å². The Kier molecular flexibility index (Phi) is 8.85. The van der Waals surface area contributed by atoms with E-state index >= 15 is 0 Å². The van der Waals surface area contributed by atoms with Gasteiger partial charge in [-0.05, 0) is 56.2 Å². The number of carbonyl (C=O) groups is 4. The fourth-order valence-corrected chi connectivity index (χ4v) is 3.78. The Morgan fingerprint density at radius 3 is 2.16 bits per heavy atom. The fourth-order valence-electron chi connectivity index (χ4n) is 3.78. The smallest absolute Gasteiger partial charge is 0.336 e. The molecule has 0 spiro atoms. The van der Waals surface area contributed by atoms with Crippen molar-refractivity contribution in [3.63, 3.8) is 0 Å². The first kappa shape index (κ1) is 27.9. The van der Waals surface area contributed by atoms with Crippen LogP contribution in [0.3, 0.4) is 0 Å². The van der Waals surface area contributed by atoms with E-state index in [0.717, 1.165) is 10.9 Å². The predicted octanol–water partition coefficient (Wildman–Crippen LogP) is 1.50. The number of rotatable bonds is 9. The normalized spacial score (nSPS) is 13.2. The number of nitrogens with one attached hydrogen (secondary N) is 4. The molecule has 3 atom stereocenters. The van der Waals surface area contributed by atoms with E-state index in [4.69, 9.17) is 4.42 Å². The highest BCUT2D eigenvalue weighted by Crippen LogP contribution is 2.21. The average Bonchev–Trinajstić information content (AvgIpc) is 2.83. The number of carbonyl (C=O) groups excluding carboxylic acids is 4. The summed E-state index contributed by atoms with van der Waals surface area (Å²) in [6.07, 6.45) is 0.0859. The molecule has 3 rings (SSSR count). The van der Waals surface area contributed by atoms with E-state index in [9.17, 15) is 29.1 Å². The summed E-state index contributed by atoms with van der Waals surface area (Å²) in [4.78, 5) is 61.4. The highest BCUT2D eigenvalue weighted by molar-refractivity contribution is 6.00. The standard InChI is InChI=1S/C27H30N4O7/c1-14-11-24(34)38-23-13-19(7-10-21(14)23)30-27(37)22(12-18-5-8-20(33)9-6-18)31-26(36)16(3)29-25(35)15(2)28-17(4)32/h5-11,13,15-16,22,33H,12H2,1-4H3,(H,28,32)(H,29,35)(H,30,37)(H,31,36)/t15-,16-,22-/m0/s1. The van der Waals surface area contributed by atoms with Gasteiger partial charge < -0.3 is 30.8 Å². The Bertz CT molecular complexity index is 1420. The maximum absolute atomic E-state index is 13.3. The topological polar surface area (TPSA) is 167 Å². The van der Waals surface area contributed by atoms with Crippen LogP contribution in [0.1, 0.15) is 31.9 Å². The summed E-state index contributed by atoms with van der Waals surface area (Å²) in [5.74, 6) is -2.07. The van der Waals surface area contributed by atoms with Crippen molar-refractivity contribution < 1.29 is 28.7 Å². The molecule has 1 heterocycles. The SMILES string of the molecule is CC(=O)N[C@@H](C)C(=O)N[C@@H](C)C(=O)N[C@@H](Cc1ccc(O)cc1)C(=O)Nc1ccc2c(C)cc(=O)oc2c1. The molecule has 11 nitrogen and oxygen atoms in total. The molecule has 0 aliphatic carbocycles. The monoisotopic (exact) mass is 522 g/mol. The molecule has 0 fully saturated rings. The number of hydrogen-bond acceptors (Lipinski definition) is 7. The van der Waals surface area contributed by atoms with Gasteiger partial charge in [0.05, 0.1) is 0 Å². The summed E-state index contributed by atoms with van der Waals surface area (Å²) in [7, 11) is 0. The zero-order valence-electron chi connectivity index (χ0n) is 21.5. The number of anilines is 1. The van der Waals surface area contributed by atoms with E-state index in [0.29, 0.717) is 16.8 Å². The predicted molar refractivity (Wildman–Crippen MR) is 140 cm³/mol. The molecule has 0 unspecified atom stereocenters. The van der Waals surface area contributed by atoms with Gasteiger partial charge in [0.25, 0.3) is 0 Å². The first-order valence-corrected chi connectivity index (χ1v) is 11.9. The summed E-state index contributed by atoms with van der Waals surface area (Å²) >= 11 is 0. The minimum Gasteiger partial charge on any atom is -0.508 e. The van der Waals surface area contributed by atoms with E-state index in [1.807, 2.05) is 0 Å². The lowest BCUT2D eigenvalue weighted by atomic mass is 10.0. The van der Waals surface area contributed by atoms with Crippen LogP contribution in [0.5, 0.6) is 5.75 Å². The molecule has 1 aromatic heterocycles. The molecule has 3 aromatic rings. The Morgan fingerprint density at radius 1 is 0.868 bits per heavy atom. The van der Waals surface area contributed by atoms with E-state index in [1.165, 1.54) is 45.0 Å². The summed E-state index contributed by atoms with van der Waals surface area (Å²) < 4.78 is 5.24. The summed E-state index contributed by atoms with van der Waals surface area (Å²) in [5, 5.41) is 20.6. The largest absolute Gasteiger partial charge is 0.508 e. The molecule has 2 aromatic carbocycles. The van der Waals surface area contributed by atoms with E-state index in [-0.39, 0.29) is 12.2 Å². The van der Waals surface area contributed by atoms with Crippen molar-refractivity contribution in [2.24, 2.45) is 0 Å². The van der Waals surface area contributed by atoms with Crippen LogP contribution < -0.4 is 26.9 Å². The van der Waals surface area contributed by atoms with Crippen molar-refractivity contribution in [1.29, 1.82) is 0 Å². The maximum Gasteiger partial charge on any atom is 0.336 e. The number of phenols is 1. The van der Waals surface area contributed by atoms with Crippen LogP contribution in [-0.2, 0) is 25.6 Å². The van der Waals surface area contributed by atoms with Crippen LogP contribution in [0.15, 0.2) is 57.7 Å². The van der Waals surface area contributed by atoms with Gasteiger partial charge in [-0.2, -0.15) is 0 Å². The van der Waals surface area contributed by atoms with Crippen LogP contribution in [0.4, 0.5) is 5.69 Å². The molecule has 38 heavy (non-hydrogen) atoms. The lowest BCUT2D eigenvalue weighted by molar-refractivity contribution is -0.132. The minimum absolute atomic E-state index is 0.0522. The van der Waals surface area contributed by atoms with Crippen LogP contribution in [0.25, 0.3) is 11.0 Å². The molecule has 4 amide bonds. The molecular weight excluding hydrogens is 492 g/mol. The quantitative estimate of drug-likeness (QED) is 0.266.